The van der Waals surface area contributed by atoms with E-state index in [0.29, 0.717) is 19.0 Å². The van der Waals surface area contributed by atoms with Gasteiger partial charge < -0.3 is 10.8 Å². The minimum atomic E-state index is -0.752. The molecule has 4 heteroatoms. The van der Waals surface area contributed by atoms with E-state index >= 15 is 0 Å². The smallest absolute Gasteiger partial charge is 0.0991 e. The SMILES string of the molecule is Cc1ccn(CC(O)(CN)C2CC2)n1. The second-order valence-corrected chi connectivity index (χ2v) is 4.24. The van der Waals surface area contributed by atoms with Gasteiger partial charge in [-0.2, -0.15) is 5.10 Å². The van der Waals surface area contributed by atoms with Crippen LogP contribution in [0.25, 0.3) is 0 Å². The standard InChI is InChI=1S/C10H17N3O/c1-8-4-5-13(12-8)7-10(14,6-11)9-2-3-9/h4-5,9,14H,2-3,6-7,11H2,1H3. The number of hydrogen-bond acceptors (Lipinski definition) is 3. The van der Waals surface area contributed by atoms with Crippen LogP contribution in [0.15, 0.2) is 12.3 Å². The molecule has 1 atom stereocenters. The molecule has 1 aromatic rings. The molecule has 14 heavy (non-hydrogen) atoms. The molecule has 0 aliphatic heterocycles. The highest BCUT2D eigenvalue weighted by Gasteiger charge is 2.43. The molecule has 2 rings (SSSR count). The Hall–Kier alpha value is -0.870. The van der Waals surface area contributed by atoms with E-state index in [1.165, 1.54) is 0 Å². The van der Waals surface area contributed by atoms with Crippen LogP contribution in [0, 0.1) is 12.8 Å². The van der Waals surface area contributed by atoms with Crippen molar-refractivity contribution in [1.29, 1.82) is 0 Å². The van der Waals surface area contributed by atoms with Gasteiger partial charge in [-0.05, 0) is 31.7 Å². The summed E-state index contributed by atoms with van der Waals surface area (Å²) in [5.74, 6) is 0.372. The Bertz CT molecular complexity index is 319. The van der Waals surface area contributed by atoms with Crippen molar-refractivity contribution in [2.45, 2.75) is 31.9 Å². The fourth-order valence-electron chi connectivity index (χ4n) is 1.81. The van der Waals surface area contributed by atoms with Gasteiger partial charge in [-0.15, -0.1) is 0 Å². The van der Waals surface area contributed by atoms with Crippen LogP contribution in [0.1, 0.15) is 18.5 Å². The third-order valence-corrected chi connectivity index (χ3v) is 2.90. The van der Waals surface area contributed by atoms with E-state index in [2.05, 4.69) is 5.10 Å². The highest BCUT2D eigenvalue weighted by Crippen LogP contribution is 2.39. The number of nitrogens with two attached hydrogens (primary N) is 1. The van der Waals surface area contributed by atoms with E-state index in [4.69, 9.17) is 5.73 Å². The first-order valence-electron chi connectivity index (χ1n) is 5.06. The van der Waals surface area contributed by atoms with E-state index in [1.54, 1.807) is 4.68 Å². The van der Waals surface area contributed by atoms with Crippen LogP contribution < -0.4 is 5.73 Å². The van der Waals surface area contributed by atoms with Gasteiger partial charge in [0.15, 0.2) is 0 Å². The number of nitrogens with zero attached hydrogens (tertiary/aromatic N) is 2. The van der Waals surface area contributed by atoms with Crippen molar-refractivity contribution in [3.8, 4) is 0 Å². The first-order valence-corrected chi connectivity index (χ1v) is 5.06. The van der Waals surface area contributed by atoms with Crippen LogP contribution >= 0.6 is 0 Å². The lowest BCUT2D eigenvalue weighted by molar-refractivity contribution is 0.00621. The predicted octanol–water partition coefficient (Wildman–Crippen LogP) is 0.291. The molecule has 0 bridgehead atoms. The molecule has 0 amide bonds. The van der Waals surface area contributed by atoms with Crippen molar-refractivity contribution in [2.75, 3.05) is 6.54 Å². The Kier molecular flexibility index (Phi) is 2.33. The summed E-state index contributed by atoms with van der Waals surface area (Å²) in [6.45, 7) is 2.77. The van der Waals surface area contributed by atoms with Crippen molar-refractivity contribution in [3.63, 3.8) is 0 Å². The van der Waals surface area contributed by atoms with Crippen LogP contribution in [0.2, 0.25) is 0 Å². The second-order valence-electron chi connectivity index (χ2n) is 4.24. The van der Waals surface area contributed by atoms with E-state index < -0.39 is 5.60 Å². The van der Waals surface area contributed by atoms with Crippen LogP contribution in [0.3, 0.4) is 0 Å². The molecule has 1 aromatic heterocycles. The molecular formula is C10H17N3O. The summed E-state index contributed by atoms with van der Waals surface area (Å²) >= 11 is 0. The van der Waals surface area contributed by atoms with Crippen molar-refractivity contribution in [3.05, 3.63) is 18.0 Å². The van der Waals surface area contributed by atoms with E-state index in [-0.39, 0.29) is 0 Å². The minimum absolute atomic E-state index is 0.316. The molecule has 0 spiro atoms. The van der Waals surface area contributed by atoms with Crippen LogP contribution in [-0.2, 0) is 6.54 Å². The Morgan fingerprint density at radius 3 is 2.86 bits per heavy atom. The molecule has 1 aliphatic rings. The van der Waals surface area contributed by atoms with Gasteiger partial charge in [-0.3, -0.25) is 4.68 Å². The summed E-state index contributed by atoms with van der Waals surface area (Å²) in [5.41, 5.74) is 5.83. The molecule has 1 heterocycles. The molecule has 1 unspecified atom stereocenters. The summed E-state index contributed by atoms with van der Waals surface area (Å²) in [7, 11) is 0. The highest BCUT2D eigenvalue weighted by molar-refractivity contribution is 4.99. The molecule has 1 fully saturated rings. The summed E-state index contributed by atoms with van der Waals surface area (Å²) in [6, 6.07) is 1.93. The monoisotopic (exact) mass is 195 g/mol. The maximum absolute atomic E-state index is 10.2. The minimum Gasteiger partial charge on any atom is -0.386 e. The number of hydrogen-bond donors (Lipinski definition) is 2. The van der Waals surface area contributed by atoms with Crippen LogP contribution in [0.4, 0.5) is 0 Å². The fraction of sp³-hybridized carbons (Fsp3) is 0.700. The van der Waals surface area contributed by atoms with Gasteiger partial charge in [0.05, 0.1) is 17.8 Å². The van der Waals surface area contributed by atoms with Gasteiger partial charge in [0.2, 0.25) is 0 Å². The Morgan fingerprint density at radius 2 is 2.43 bits per heavy atom. The van der Waals surface area contributed by atoms with Crippen molar-refractivity contribution in [2.24, 2.45) is 11.7 Å². The predicted molar refractivity (Wildman–Crippen MR) is 53.7 cm³/mol. The molecule has 0 aromatic carbocycles. The number of rotatable bonds is 4. The van der Waals surface area contributed by atoms with E-state index in [0.717, 1.165) is 18.5 Å². The second kappa shape index (κ2) is 3.37. The largest absolute Gasteiger partial charge is 0.386 e. The number of aliphatic hydroxyl groups is 1. The highest BCUT2D eigenvalue weighted by atomic mass is 16.3. The Morgan fingerprint density at radius 1 is 1.71 bits per heavy atom. The fourth-order valence-corrected chi connectivity index (χ4v) is 1.81. The summed E-state index contributed by atoms with van der Waals surface area (Å²) in [5, 5.41) is 14.5. The quantitative estimate of drug-likeness (QED) is 0.726. The zero-order valence-corrected chi connectivity index (χ0v) is 8.48. The summed E-state index contributed by atoms with van der Waals surface area (Å²) in [4.78, 5) is 0. The van der Waals surface area contributed by atoms with Gasteiger partial charge in [0, 0.05) is 12.7 Å². The molecule has 0 saturated heterocycles. The number of aryl methyl sites for hydroxylation is 1. The van der Waals surface area contributed by atoms with E-state index in [9.17, 15) is 5.11 Å². The maximum Gasteiger partial charge on any atom is 0.0991 e. The van der Waals surface area contributed by atoms with Crippen LogP contribution in [0.5, 0.6) is 0 Å². The lowest BCUT2D eigenvalue weighted by Crippen LogP contribution is -2.44. The van der Waals surface area contributed by atoms with Crippen molar-refractivity contribution >= 4 is 0 Å². The summed E-state index contributed by atoms with van der Waals surface area (Å²) < 4.78 is 1.78. The zero-order chi connectivity index (χ0) is 10.2. The molecule has 78 valence electrons. The Labute approximate surface area is 83.7 Å². The van der Waals surface area contributed by atoms with Gasteiger partial charge in [-0.1, -0.05) is 0 Å². The zero-order valence-electron chi connectivity index (χ0n) is 8.48. The molecule has 4 nitrogen and oxygen atoms in total. The van der Waals surface area contributed by atoms with Gasteiger partial charge >= 0.3 is 0 Å². The lowest BCUT2D eigenvalue weighted by atomic mass is 9.98. The first-order chi connectivity index (χ1) is 6.64. The Balaban J connectivity index is 2.07. The first kappa shape index (κ1) is 9.68. The third kappa shape index (κ3) is 1.81. The topological polar surface area (TPSA) is 64.1 Å². The van der Waals surface area contributed by atoms with Gasteiger partial charge in [-0.25, -0.2) is 0 Å². The molecule has 1 saturated carbocycles. The molecule has 0 radical (unpaired) electrons. The normalized spacial score (nSPS) is 20.8. The van der Waals surface area contributed by atoms with Gasteiger partial charge in [0.25, 0.3) is 0 Å². The molecular weight excluding hydrogens is 178 g/mol. The average Bonchev–Trinajstić information content (AvgIpc) is 2.93. The summed E-state index contributed by atoms with van der Waals surface area (Å²) in [6.07, 6.45) is 4.07. The van der Waals surface area contributed by atoms with Gasteiger partial charge in [0.1, 0.15) is 0 Å². The van der Waals surface area contributed by atoms with Crippen molar-refractivity contribution < 1.29 is 5.11 Å². The maximum atomic E-state index is 10.2. The van der Waals surface area contributed by atoms with Crippen LogP contribution in [-0.4, -0.2) is 27.0 Å². The third-order valence-electron chi connectivity index (χ3n) is 2.90. The number of aromatic nitrogens is 2. The molecule has 1 aliphatic carbocycles. The molecule has 3 N–H and O–H groups in total. The van der Waals surface area contributed by atoms with E-state index in [1.807, 2.05) is 19.2 Å². The lowest BCUT2D eigenvalue weighted by Gasteiger charge is -2.26. The van der Waals surface area contributed by atoms with Crippen molar-refractivity contribution in [1.82, 2.24) is 9.78 Å². The average molecular weight is 195 g/mol.